The molecule has 2 rings (SSSR count). The van der Waals surface area contributed by atoms with Crippen molar-refractivity contribution in [2.45, 2.75) is 18.4 Å². The highest BCUT2D eigenvalue weighted by Gasteiger charge is 2.46. The number of likely N-dealkylation sites (N-methyl/N-ethyl adjacent to an activating group) is 1. The molecule has 0 aromatic heterocycles. The molecular formula is C12H30N4+4. The summed E-state index contributed by atoms with van der Waals surface area (Å²) in [5.41, 5.74) is 4.79. The molecule has 0 atom stereocenters. The fraction of sp³-hybridized carbons (Fsp3) is 1.00. The van der Waals surface area contributed by atoms with E-state index in [1.165, 1.54) is 52.1 Å². The Hall–Kier alpha value is -0.160. The molecule has 2 aliphatic heterocycles. The number of quaternary nitrogens is 4. The first-order valence-electron chi connectivity index (χ1n) is 6.93. The third kappa shape index (κ3) is 2.40. The molecule has 4 heteroatoms. The number of hydrogen-bond acceptors (Lipinski definition) is 0. The summed E-state index contributed by atoms with van der Waals surface area (Å²) in [6.45, 7) is 9.25. The highest BCUT2D eigenvalue weighted by molar-refractivity contribution is 4.80. The predicted molar refractivity (Wildman–Crippen MR) is 63.7 cm³/mol. The van der Waals surface area contributed by atoms with Crippen LogP contribution in [0.2, 0.25) is 0 Å². The quantitative estimate of drug-likeness (QED) is 0.366. The summed E-state index contributed by atoms with van der Waals surface area (Å²) in [5.74, 6) is 0. The van der Waals surface area contributed by atoms with Crippen molar-refractivity contribution < 1.29 is 20.4 Å². The van der Waals surface area contributed by atoms with E-state index in [-0.39, 0.29) is 0 Å². The second kappa shape index (κ2) is 5.00. The molecule has 0 bridgehead atoms. The van der Waals surface area contributed by atoms with Gasteiger partial charge in [-0.1, -0.05) is 0 Å². The Kier molecular flexibility index (Phi) is 3.85. The van der Waals surface area contributed by atoms with Crippen molar-refractivity contribution in [3.63, 3.8) is 0 Å². The van der Waals surface area contributed by atoms with Gasteiger partial charge in [-0.2, -0.15) is 0 Å². The van der Waals surface area contributed by atoms with Crippen LogP contribution >= 0.6 is 0 Å². The van der Waals surface area contributed by atoms with E-state index in [9.17, 15) is 0 Å². The lowest BCUT2D eigenvalue weighted by Gasteiger charge is -2.43. The summed E-state index contributed by atoms with van der Waals surface area (Å²) in [4.78, 5) is 5.28. The monoisotopic (exact) mass is 230 g/mol. The Balaban J connectivity index is 1.98. The number of likely N-dealkylation sites (tertiary alicyclic amines) is 1. The molecule has 2 heterocycles. The average molecular weight is 230 g/mol. The first-order valence-corrected chi connectivity index (χ1v) is 6.93. The molecule has 0 radical (unpaired) electrons. The third-order valence-electron chi connectivity index (χ3n) is 5.00. The van der Waals surface area contributed by atoms with E-state index in [1.54, 1.807) is 9.80 Å². The van der Waals surface area contributed by atoms with Crippen LogP contribution in [0.15, 0.2) is 0 Å². The minimum Gasteiger partial charge on any atom is -0.352 e. The van der Waals surface area contributed by atoms with Crippen molar-refractivity contribution in [2.75, 3.05) is 59.9 Å². The van der Waals surface area contributed by atoms with Gasteiger partial charge < -0.3 is 20.4 Å². The zero-order chi connectivity index (χ0) is 11.6. The van der Waals surface area contributed by atoms with Crippen LogP contribution in [-0.4, -0.2) is 65.4 Å². The molecule has 16 heavy (non-hydrogen) atoms. The molecule has 0 aromatic rings. The Morgan fingerprint density at radius 2 is 1.38 bits per heavy atom. The van der Waals surface area contributed by atoms with Gasteiger partial charge in [0.05, 0.1) is 40.0 Å². The number of rotatable bonds is 2. The smallest absolute Gasteiger partial charge is 0.158 e. The fourth-order valence-corrected chi connectivity index (χ4v) is 3.44. The highest BCUT2D eigenvalue weighted by atomic mass is 15.3. The van der Waals surface area contributed by atoms with Gasteiger partial charge in [-0.3, -0.25) is 0 Å². The predicted octanol–water partition coefficient (Wildman–Crippen LogP) is -5.31. The van der Waals surface area contributed by atoms with E-state index in [0.29, 0.717) is 5.54 Å². The Labute approximate surface area is 99.4 Å². The molecule has 2 aliphatic rings. The molecule has 2 saturated heterocycles. The second-order valence-electron chi connectivity index (χ2n) is 6.05. The summed E-state index contributed by atoms with van der Waals surface area (Å²) in [6, 6.07) is 0. The average Bonchev–Trinajstić information content (AvgIpc) is 2.32. The number of nitrogens with one attached hydrogen (secondary N) is 3. The molecule has 6 N–H and O–H groups in total. The van der Waals surface area contributed by atoms with E-state index in [1.807, 2.05) is 4.90 Å². The highest BCUT2D eigenvalue weighted by Crippen LogP contribution is 2.10. The van der Waals surface area contributed by atoms with Crippen molar-refractivity contribution in [1.82, 2.24) is 0 Å². The van der Waals surface area contributed by atoms with Crippen molar-refractivity contribution in [1.29, 1.82) is 0 Å². The van der Waals surface area contributed by atoms with Crippen LogP contribution in [0.3, 0.4) is 0 Å². The first-order chi connectivity index (χ1) is 7.66. The molecule has 0 spiro atoms. The van der Waals surface area contributed by atoms with Gasteiger partial charge in [-0.05, 0) is 0 Å². The number of hydrogen-bond donors (Lipinski definition) is 4. The van der Waals surface area contributed by atoms with Crippen molar-refractivity contribution in [3.05, 3.63) is 0 Å². The zero-order valence-electron chi connectivity index (χ0n) is 11.1. The lowest BCUT2D eigenvalue weighted by molar-refractivity contribution is -1.04. The van der Waals surface area contributed by atoms with Crippen LogP contribution in [-0.2, 0) is 0 Å². The van der Waals surface area contributed by atoms with Crippen LogP contribution in [0.25, 0.3) is 0 Å². The maximum Gasteiger partial charge on any atom is 0.158 e. The van der Waals surface area contributed by atoms with Gasteiger partial charge in [0.2, 0.25) is 0 Å². The van der Waals surface area contributed by atoms with E-state index >= 15 is 0 Å². The van der Waals surface area contributed by atoms with Crippen LogP contribution in [0.4, 0.5) is 0 Å². The lowest BCUT2D eigenvalue weighted by Crippen LogP contribution is -3.33. The Bertz CT molecular complexity index is 215. The third-order valence-corrected chi connectivity index (χ3v) is 5.00. The van der Waals surface area contributed by atoms with Crippen LogP contribution in [0.1, 0.15) is 12.8 Å². The fourth-order valence-electron chi connectivity index (χ4n) is 3.44. The van der Waals surface area contributed by atoms with E-state index < -0.39 is 0 Å². The summed E-state index contributed by atoms with van der Waals surface area (Å²) < 4.78 is 0. The van der Waals surface area contributed by atoms with Gasteiger partial charge in [0.15, 0.2) is 5.54 Å². The minimum absolute atomic E-state index is 0.528. The molecule has 94 valence electrons. The standard InChI is InChI=1S/C12H26N4/c1-14-5-3-12(11-13,4-6-14)16-9-7-15(2)8-10-16/h3-11,13H2,1-2H3/p+4. The summed E-state index contributed by atoms with van der Waals surface area (Å²) >= 11 is 0. The maximum absolute atomic E-state index is 4.26. The van der Waals surface area contributed by atoms with Crippen LogP contribution in [0, 0.1) is 0 Å². The van der Waals surface area contributed by atoms with Gasteiger partial charge in [0.1, 0.15) is 32.7 Å². The molecule has 4 nitrogen and oxygen atoms in total. The summed E-state index contributed by atoms with van der Waals surface area (Å²) in [5, 5.41) is 0. The number of piperidine rings is 1. The molecular weight excluding hydrogens is 200 g/mol. The van der Waals surface area contributed by atoms with E-state index in [2.05, 4.69) is 19.8 Å². The topological polar surface area (TPSA) is 41.0 Å². The normalized spacial score (nSPS) is 45.6. The van der Waals surface area contributed by atoms with E-state index in [4.69, 9.17) is 0 Å². The second-order valence-corrected chi connectivity index (χ2v) is 6.05. The van der Waals surface area contributed by atoms with Crippen molar-refractivity contribution in [3.8, 4) is 0 Å². The van der Waals surface area contributed by atoms with Gasteiger partial charge in [0.25, 0.3) is 0 Å². The Morgan fingerprint density at radius 1 is 0.875 bits per heavy atom. The molecule has 2 fully saturated rings. The summed E-state index contributed by atoms with van der Waals surface area (Å²) in [6.07, 6.45) is 2.77. The number of piperazine rings is 1. The molecule has 0 aliphatic carbocycles. The summed E-state index contributed by atoms with van der Waals surface area (Å²) in [7, 11) is 4.66. The molecule has 0 unspecified atom stereocenters. The largest absolute Gasteiger partial charge is 0.352 e. The molecule has 0 amide bonds. The minimum atomic E-state index is 0.528. The SMILES string of the molecule is C[NH+]1CC[NH+](C2(C[NH3+])CC[NH+](C)CC2)CC1. The van der Waals surface area contributed by atoms with Crippen LogP contribution in [0.5, 0.6) is 0 Å². The Morgan fingerprint density at radius 3 is 1.88 bits per heavy atom. The lowest BCUT2D eigenvalue weighted by atomic mass is 9.85. The van der Waals surface area contributed by atoms with Crippen molar-refractivity contribution >= 4 is 0 Å². The zero-order valence-corrected chi connectivity index (χ0v) is 11.1. The van der Waals surface area contributed by atoms with E-state index in [0.717, 1.165) is 6.54 Å². The molecule has 0 aromatic carbocycles. The van der Waals surface area contributed by atoms with Crippen molar-refractivity contribution in [2.24, 2.45) is 0 Å². The molecule has 0 saturated carbocycles. The van der Waals surface area contributed by atoms with Gasteiger partial charge in [0, 0.05) is 0 Å². The van der Waals surface area contributed by atoms with Gasteiger partial charge in [-0.25, -0.2) is 0 Å². The van der Waals surface area contributed by atoms with Gasteiger partial charge >= 0.3 is 0 Å². The first kappa shape index (κ1) is 12.3. The van der Waals surface area contributed by atoms with Crippen LogP contribution < -0.4 is 20.4 Å². The van der Waals surface area contributed by atoms with Gasteiger partial charge in [-0.15, -0.1) is 0 Å². The maximum atomic E-state index is 4.26.